The van der Waals surface area contributed by atoms with Gasteiger partial charge in [0.25, 0.3) is 0 Å². The summed E-state index contributed by atoms with van der Waals surface area (Å²) in [6, 6.07) is -0.236. The lowest BCUT2D eigenvalue weighted by Crippen LogP contribution is -2.26. The van der Waals surface area contributed by atoms with Crippen LogP contribution in [0.5, 0.6) is 0 Å². The summed E-state index contributed by atoms with van der Waals surface area (Å²) in [4.78, 5) is 10.7. The molecule has 0 heterocycles. The third-order valence-corrected chi connectivity index (χ3v) is 2.46. The molecule has 0 aromatic rings. The first-order chi connectivity index (χ1) is 6.11. The Hall–Kier alpha value is -0.680. The van der Waals surface area contributed by atoms with Crippen LogP contribution in [0.1, 0.15) is 0 Å². The van der Waals surface area contributed by atoms with E-state index in [1.807, 2.05) is 0 Å². The number of esters is 1. The molecule has 0 rings (SSSR count). The smallest absolute Gasteiger partial charge is 0.315 e. The first-order valence-corrected chi connectivity index (χ1v) is 4.90. The monoisotopic (exact) mass is 205 g/mol. The van der Waals surface area contributed by atoms with Gasteiger partial charge in [0.2, 0.25) is 0 Å². The molecule has 0 bridgehead atoms. The van der Waals surface area contributed by atoms with Crippen LogP contribution in [-0.4, -0.2) is 37.7 Å². The standard InChI is InChI=1S/C8H15NO3S/c1-6(11-2)7(9)4-13-5-8(10)12-3/h7H,1,4-5,9H2,2-3H3. The molecule has 0 spiro atoms. The minimum absolute atomic E-state index is 0.236. The molecule has 0 aliphatic rings. The predicted molar refractivity (Wildman–Crippen MR) is 53.5 cm³/mol. The van der Waals surface area contributed by atoms with Gasteiger partial charge in [0.05, 0.1) is 26.0 Å². The van der Waals surface area contributed by atoms with E-state index in [9.17, 15) is 4.79 Å². The van der Waals surface area contributed by atoms with Crippen LogP contribution >= 0.6 is 11.8 Å². The molecule has 0 radical (unpaired) electrons. The largest absolute Gasteiger partial charge is 0.500 e. The Bertz CT molecular complexity index is 184. The third kappa shape index (κ3) is 5.54. The van der Waals surface area contributed by atoms with Gasteiger partial charge < -0.3 is 15.2 Å². The number of ether oxygens (including phenoxy) is 2. The molecule has 0 amide bonds. The summed E-state index contributed by atoms with van der Waals surface area (Å²) >= 11 is 1.40. The summed E-state index contributed by atoms with van der Waals surface area (Å²) in [7, 11) is 2.88. The van der Waals surface area contributed by atoms with Crippen molar-refractivity contribution in [3.8, 4) is 0 Å². The summed E-state index contributed by atoms with van der Waals surface area (Å²) in [5, 5.41) is 0. The van der Waals surface area contributed by atoms with Gasteiger partial charge in [-0.25, -0.2) is 0 Å². The highest BCUT2D eigenvalue weighted by Gasteiger charge is 2.08. The van der Waals surface area contributed by atoms with Crippen LogP contribution in [0.15, 0.2) is 12.3 Å². The Balaban J connectivity index is 3.53. The highest BCUT2D eigenvalue weighted by molar-refractivity contribution is 7.99. The zero-order valence-electron chi connectivity index (χ0n) is 7.91. The molecule has 1 unspecified atom stereocenters. The minimum Gasteiger partial charge on any atom is -0.500 e. The highest BCUT2D eigenvalue weighted by Crippen LogP contribution is 2.07. The van der Waals surface area contributed by atoms with Crippen molar-refractivity contribution in [1.29, 1.82) is 0 Å². The van der Waals surface area contributed by atoms with E-state index in [0.29, 0.717) is 17.3 Å². The predicted octanol–water partition coefficient (Wildman–Crippen LogP) is 0.380. The number of nitrogens with two attached hydrogens (primary N) is 1. The van der Waals surface area contributed by atoms with Crippen LogP contribution in [0, 0.1) is 0 Å². The van der Waals surface area contributed by atoms with Crippen molar-refractivity contribution < 1.29 is 14.3 Å². The van der Waals surface area contributed by atoms with Crippen LogP contribution in [0.3, 0.4) is 0 Å². The molecular weight excluding hydrogens is 190 g/mol. The van der Waals surface area contributed by atoms with Gasteiger partial charge in [-0.3, -0.25) is 4.79 Å². The Morgan fingerprint density at radius 3 is 2.62 bits per heavy atom. The molecule has 2 N–H and O–H groups in total. The van der Waals surface area contributed by atoms with E-state index in [4.69, 9.17) is 10.5 Å². The molecule has 1 atom stereocenters. The number of carbonyl (C=O) groups is 1. The van der Waals surface area contributed by atoms with Crippen LogP contribution in [0.4, 0.5) is 0 Å². The van der Waals surface area contributed by atoms with E-state index >= 15 is 0 Å². The minimum atomic E-state index is -0.250. The maximum absolute atomic E-state index is 10.7. The van der Waals surface area contributed by atoms with E-state index < -0.39 is 0 Å². The van der Waals surface area contributed by atoms with E-state index in [1.165, 1.54) is 26.0 Å². The second-order valence-electron chi connectivity index (χ2n) is 2.37. The lowest BCUT2D eigenvalue weighted by molar-refractivity contribution is -0.137. The van der Waals surface area contributed by atoms with E-state index in [-0.39, 0.29) is 12.0 Å². The molecule has 5 heteroatoms. The molecule has 0 saturated heterocycles. The molecule has 0 aliphatic heterocycles. The fourth-order valence-electron chi connectivity index (χ4n) is 0.572. The van der Waals surface area contributed by atoms with Crippen LogP contribution in [0.2, 0.25) is 0 Å². The maximum Gasteiger partial charge on any atom is 0.315 e. The molecule has 76 valence electrons. The number of hydrogen-bond donors (Lipinski definition) is 1. The van der Waals surface area contributed by atoms with Gasteiger partial charge in [0.1, 0.15) is 5.76 Å². The molecule has 0 aromatic carbocycles. The highest BCUT2D eigenvalue weighted by atomic mass is 32.2. The summed E-state index contributed by atoms with van der Waals surface area (Å²) in [6.07, 6.45) is 0. The van der Waals surface area contributed by atoms with Crippen molar-refractivity contribution in [2.45, 2.75) is 6.04 Å². The lowest BCUT2D eigenvalue weighted by atomic mass is 10.3. The second-order valence-corrected chi connectivity index (χ2v) is 3.40. The Morgan fingerprint density at radius 2 is 2.15 bits per heavy atom. The second kappa shape index (κ2) is 6.80. The molecular formula is C8H15NO3S. The first-order valence-electron chi connectivity index (χ1n) is 3.74. The van der Waals surface area contributed by atoms with Gasteiger partial charge in [-0.15, -0.1) is 11.8 Å². The van der Waals surface area contributed by atoms with Crippen molar-refractivity contribution in [2.75, 3.05) is 25.7 Å². The summed E-state index contributed by atoms with van der Waals surface area (Å²) in [5.41, 5.74) is 5.66. The number of methoxy groups -OCH3 is 2. The summed E-state index contributed by atoms with van der Waals surface area (Å²) < 4.78 is 9.31. The summed E-state index contributed by atoms with van der Waals surface area (Å²) in [6.45, 7) is 3.61. The van der Waals surface area contributed by atoms with E-state index in [0.717, 1.165) is 0 Å². The molecule has 4 nitrogen and oxygen atoms in total. The van der Waals surface area contributed by atoms with Gasteiger partial charge in [-0.2, -0.15) is 0 Å². The SMILES string of the molecule is C=C(OC)C(N)CSCC(=O)OC. The van der Waals surface area contributed by atoms with E-state index in [2.05, 4.69) is 11.3 Å². The average Bonchev–Trinajstić information content (AvgIpc) is 2.15. The van der Waals surface area contributed by atoms with Gasteiger partial charge >= 0.3 is 5.97 Å². The average molecular weight is 205 g/mol. The zero-order chi connectivity index (χ0) is 10.3. The maximum atomic E-state index is 10.7. The fraction of sp³-hybridized carbons (Fsp3) is 0.625. The lowest BCUT2D eigenvalue weighted by Gasteiger charge is -2.12. The quantitative estimate of drug-likeness (QED) is 0.502. The molecule has 0 saturated carbocycles. The van der Waals surface area contributed by atoms with Gasteiger partial charge in [-0.05, 0) is 0 Å². The van der Waals surface area contributed by atoms with Gasteiger partial charge in [0.15, 0.2) is 0 Å². The molecule has 0 aromatic heterocycles. The van der Waals surface area contributed by atoms with Crippen molar-refractivity contribution >= 4 is 17.7 Å². The molecule has 0 aliphatic carbocycles. The fourth-order valence-corrected chi connectivity index (χ4v) is 1.41. The number of rotatable bonds is 6. The van der Waals surface area contributed by atoms with Crippen molar-refractivity contribution in [3.63, 3.8) is 0 Å². The van der Waals surface area contributed by atoms with Crippen LogP contribution in [0.25, 0.3) is 0 Å². The molecule has 0 fully saturated rings. The number of carbonyl (C=O) groups excluding carboxylic acids is 1. The topological polar surface area (TPSA) is 61.5 Å². The van der Waals surface area contributed by atoms with Crippen molar-refractivity contribution in [2.24, 2.45) is 5.73 Å². The van der Waals surface area contributed by atoms with Crippen LogP contribution < -0.4 is 5.73 Å². The van der Waals surface area contributed by atoms with Gasteiger partial charge in [-0.1, -0.05) is 6.58 Å². The normalized spacial score (nSPS) is 11.9. The zero-order valence-corrected chi connectivity index (χ0v) is 8.73. The van der Waals surface area contributed by atoms with Crippen LogP contribution in [-0.2, 0) is 14.3 Å². The number of thioether (sulfide) groups is 1. The molecule has 13 heavy (non-hydrogen) atoms. The van der Waals surface area contributed by atoms with E-state index in [1.54, 1.807) is 0 Å². The number of hydrogen-bond acceptors (Lipinski definition) is 5. The Morgan fingerprint density at radius 1 is 1.54 bits per heavy atom. The van der Waals surface area contributed by atoms with Crippen molar-refractivity contribution in [1.82, 2.24) is 0 Å². The third-order valence-electron chi connectivity index (χ3n) is 1.42. The summed E-state index contributed by atoms with van der Waals surface area (Å²) in [5.74, 6) is 1.18. The Kier molecular flexibility index (Phi) is 6.44. The Labute approximate surface area is 82.5 Å². The van der Waals surface area contributed by atoms with Crippen molar-refractivity contribution in [3.05, 3.63) is 12.3 Å². The van der Waals surface area contributed by atoms with Gasteiger partial charge in [0, 0.05) is 5.75 Å². The first kappa shape index (κ1) is 12.3.